The highest BCUT2D eigenvalue weighted by molar-refractivity contribution is 5.78. The number of rotatable bonds is 3. The lowest BCUT2D eigenvalue weighted by atomic mass is 10.0. The van der Waals surface area contributed by atoms with Crippen molar-refractivity contribution in [2.45, 2.75) is 20.8 Å². The molecule has 2 heterocycles. The van der Waals surface area contributed by atoms with Crippen LogP contribution in [-0.2, 0) is 0 Å². The van der Waals surface area contributed by atoms with E-state index in [2.05, 4.69) is 41.2 Å². The summed E-state index contributed by atoms with van der Waals surface area (Å²) in [5.74, 6) is 0.706. The third-order valence-electron chi connectivity index (χ3n) is 4.61. The van der Waals surface area contributed by atoms with Crippen molar-refractivity contribution in [1.82, 2.24) is 9.38 Å². The lowest BCUT2D eigenvalue weighted by molar-refractivity contribution is 0.477. The van der Waals surface area contributed by atoms with Crippen LogP contribution in [0.2, 0.25) is 0 Å². The number of aromatic hydroxyl groups is 1. The Hall–Kier alpha value is -3.47. The second-order valence-electron chi connectivity index (χ2n) is 6.68. The predicted octanol–water partition coefficient (Wildman–Crippen LogP) is 6.05. The first-order chi connectivity index (χ1) is 13.0. The van der Waals surface area contributed by atoms with E-state index in [-0.39, 0.29) is 5.75 Å². The Morgan fingerprint density at radius 3 is 2.48 bits per heavy atom. The molecule has 0 aliphatic carbocycles. The van der Waals surface area contributed by atoms with Crippen LogP contribution >= 0.6 is 0 Å². The van der Waals surface area contributed by atoms with Gasteiger partial charge in [0.25, 0.3) is 0 Å². The standard InChI is InChI=1S/C22H20N4O/c1-14-10-11-17(16(3)13-14)20-22(25-24-18-8-5-4-7-15(18)2)26-12-6-9-19(27)21(26)23-20/h4-13,27H,1-3H3. The van der Waals surface area contributed by atoms with E-state index in [0.717, 1.165) is 22.4 Å². The number of azo groups is 1. The van der Waals surface area contributed by atoms with Crippen molar-refractivity contribution < 1.29 is 5.11 Å². The molecule has 2 aromatic heterocycles. The highest BCUT2D eigenvalue weighted by Crippen LogP contribution is 2.36. The summed E-state index contributed by atoms with van der Waals surface area (Å²) in [5.41, 5.74) is 6.28. The molecule has 0 unspecified atom stereocenters. The third kappa shape index (κ3) is 3.08. The van der Waals surface area contributed by atoms with Gasteiger partial charge in [-0.15, -0.1) is 10.2 Å². The molecule has 0 saturated carbocycles. The van der Waals surface area contributed by atoms with Crippen LogP contribution in [0.3, 0.4) is 0 Å². The van der Waals surface area contributed by atoms with E-state index in [9.17, 15) is 5.11 Å². The molecule has 0 spiro atoms. The van der Waals surface area contributed by atoms with E-state index < -0.39 is 0 Å². The van der Waals surface area contributed by atoms with Crippen LogP contribution in [0.4, 0.5) is 11.5 Å². The van der Waals surface area contributed by atoms with Crippen LogP contribution in [0, 0.1) is 20.8 Å². The third-order valence-corrected chi connectivity index (χ3v) is 4.61. The maximum absolute atomic E-state index is 10.2. The number of hydrogen-bond acceptors (Lipinski definition) is 4. The summed E-state index contributed by atoms with van der Waals surface area (Å²) >= 11 is 0. The van der Waals surface area contributed by atoms with Crippen LogP contribution in [0.1, 0.15) is 16.7 Å². The van der Waals surface area contributed by atoms with Gasteiger partial charge in [-0.1, -0.05) is 42.0 Å². The van der Waals surface area contributed by atoms with Crippen LogP contribution in [-0.4, -0.2) is 14.5 Å². The Bertz CT molecular complexity index is 1170. The molecular weight excluding hydrogens is 336 g/mol. The Morgan fingerprint density at radius 1 is 0.889 bits per heavy atom. The zero-order chi connectivity index (χ0) is 19.0. The van der Waals surface area contributed by atoms with E-state index in [1.807, 2.05) is 43.5 Å². The van der Waals surface area contributed by atoms with Crippen molar-refractivity contribution in [2.75, 3.05) is 0 Å². The minimum absolute atomic E-state index is 0.112. The number of pyridine rings is 1. The SMILES string of the molecule is Cc1ccc(-c2nc3c(O)cccn3c2N=Nc2ccccc2C)c(C)c1. The lowest BCUT2D eigenvalue weighted by Crippen LogP contribution is -1.86. The summed E-state index contributed by atoms with van der Waals surface area (Å²) in [6.07, 6.45) is 1.83. The van der Waals surface area contributed by atoms with Gasteiger partial charge in [0.05, 0.1) is 5.69 Å². The molecular formula is C22H20N4O. The molecule has 0 amide bonds. The van der Waals surface area contributed by atoms with E-state index in [1.54, 1.807) is 16.5 Å². The molecule has 5 heteroatoms. The number of aryl methyl sites for hydroxylation is 3. The van der Waals surface area contributed by atoms with Crippen LogP contribution < -0.4 is 0 Å². The number of hydrogen-bond donors (Lipinski definition) is 1. The van der Waals surface area contributed by atoms with Crippen molar-refractivity contribution in [1.29, 1.82) is 0 Å². The van der Waals surface area contributed by atoms with Gasteiger partial charge in [-0.3, -0.25) is 4.40 Å². The van der Waals surface area contributed by atoms with Gasteiger partial charge < -0.3 is 5.11 Å². The highest BCUT2D eigenvalue weighted by atomic mass is 16.3. The fraction of sp³-hybridized carbons (Fsp3) is 0.136. The molecule has 0 aliphatic rings. The molecule has 4 aromatic rings. The van der Waals surface area contributed by atoms with Gasteiger partial charge in [0.2, 0.25) is 0 Å². The van der Waals surface area contributed by atoms with Gasteiger partial charge >= 0.3 is 0 Å². The molecule has 1 N–H and O–H groups in total. The van der Waals surface area contributed by atoms with E-state index in [0.29, 0.717) is 17.2 Å². The van der Waals surface area contributed by atoms with Crippen molar-refractivity contribution in [3.63, 3.8) is 0 Å². The van der Waals surface area contributed by atoms with Gasteiger partial charge in [0, 0.05) is 11.8 Å². The lowest BCUT2D eigenvalue weighted by Gasteiger charge is -2.05. The number of aromatic nitrogens is 2. The molecule has 134 valence electrons. The maximum Gasteiger partial charge on any atom is 0.187 e. The monoisotopic (exact) mass is 356 g/mol. The summed E-state index contributed by atoms with van der Waals surface area (Å²) < 4.78 is 1.77. The zero-order valence-electron chi connectivity index (χ0n) is 15.5. The molecule has 4 rings (SSSR count). The first-order valence-corrected chi connectivity index (χ1v) is 8.79. The van der Waals surface area contributed by atoms with Crippen LogP contribution in [0.5, 0.6) is 5.75 Å². The van der Waals surface area contributed by atoms with Gasteiger partial charge in [0.1, 0.15) is 5.69 Å². The summed E-state index contributed by atoms with van der Waals surface area (Å²) in [4.78, 5) is 4.67. The zero-order valence-corrected chi connectivity index (χ0v) is 15.5. The van der Waals surface area contributed by atoms with Gasteiger partial charge in [-0.05, 0) is 50.1 Å². The Labute approximate surface area is 157 Å². The maximum atomic E-state index is 10.2. The molecule has 0 fully saturated rings. The van der Waals surface area contributed by atoms with Crippen LogP contribution in [0.25, 0.3) is 16.9 Å². The quantitative estimate of drug-likeness (QED) is 0.454. The molecule has 2 aromatic carbocycles. The van der Waals surface area contributed by atoms with Crippen molar-refractivity contribution in [3.05, 3.63) is 77.5 Å². The van der Waals surface area contributed by atoms with Crippen molar-refractivity contribution in [3.8, 4) is 17.0 Å². The second kappa shape index (κ2) is 6.68. The number of nitrogens with zero attached hydrogens (tertiary/aromatic N) is 4. The summed E-state index contributed by atoms with van der Waals surface area (Å²) in [6.45, 7) is 6.11. The average molecular weight is 356 g/mol. The molecule has 0 bridgehead atoms. The summed E-state index contributed by atoms with van der Waals surface area (Å²) in [5, 5.41) is 19.2. The largest absolute Gasteiger partial charge is 0.504 e. The number of benzene rings is 2. The number of imidazole rings is 1. The fourth-order valence-electron chi connectivity index (χ4n) is 3.17. The fourth-order valence-corrected chi connectivity index (χ4v) is 3.17. The first kappa shape index (κ1) is 17.0. The average Bonchev–Trinajstić information content (AvgIpc) is 3.01. The summed E-state index contributed by atoms with van der Waals surface area (Å²) in [7, 11) is 0. The molecule has 0 saturated heterocycles. The Kier molecular flexibility index (Phi) is 4.20. The molecule has 0 aliphatic heterocycles. The van der Waals surface area contributed by atoms with Crippen LogP contribution in [0.15, 0.2) is 71.0 Å². The van der Waals surface area contributed by atoms with Gasteiger partial charge in [0.15, 0.2) is 17.2 Å². The van der Waals surface area contributed by atoms with Crippen molar-refractivity contribution in [2.24, 2.45) is 10.2 Å². The molecule has 0 atom stereocenters. The second-order valence-corrected chi connectivity index (χ2v) is 6.68. The van der Waals surface area contributed by atoms with Gasteiger partial charge in [-0.25, -0.2) is 4.98 Å². The molecule has 0 radical (unpaired) electrons. The topological polar surface area (TPSA) is 62.2 Å². The first-order valence-electron chi connectivity index (χ1n) is 8.79. The van der Waals surface area contributed by atoms with Crippen molar-refractivity contribution >= 4 is 17.2 Å². The molecule has 27 heavy (non-hydrogen) atoms. The molecule has 5 nitrogen and oxygen atoms in total. The predicted molar refractivity (Wildman–Crippen MR) is 107 cm³/mol. The minimum atomic E-state index is 0.112. The van der Waals surface area contributed by atoms with Gasteiger partial charge in [-0.2, -0.15) is 0 Å². The van der Waals surface area contributed by atoms with E-state index in [4.69, 9.17) is 0 Å². The smallest absolute Gasteiger partial charge is 0.187 e. The highest BCUT2D eigenvalue weighted by Gasteiger charge is 2.17. The number of fused-ring (bicyclic) bond motifs is 1. The van der Waals surface area contributed by atoms with E-state index in [1.165, 1.54) is 5.56 Å². The van der Waals surface area contributed by atoms with E-state index >= 15 is 0 Å². The normalized spacial score (nSPS) is 11.5. The Morgan fingerprint density at radius 2 is 1.70 bits per heavy atom. The summed E-state index contributed by atoms with van der Waals surface area (Å²) in [6, 6.07) is 17.4. The minimum Gasteiger partial charge on any atom is -0.504 e. The Balaban J connectivity index is 1.95.